The van der Waals surface area contributed by atoms with Crippen LogP contribution in [0.1, 0.15) is 34.1 Å². The minimum atomic E-state index is -0.165. The van der Waals surface area contributed by atoms with Gasteiger partial charge in [-0.15, -0.1) is 0 Å². The number of carbonyl (C=O) groups excluding carboxylic acids is 1. The number of aromatic amines is 1. The van der Waals surface area contributed by atoms with E-state index in [-0.39, 0.29) is 11.3 Å². The molecule has 0 aliphatic carbocycles. The van der Waals surface area contributed by atoms with Crippen molar-refractivity contribution in [2.24, 2.45) is 4.99 Å². The Bertz CT molecular complexity index is 1270. The Morgan fingerprint density at radius 1 is 0.833 bits per heavy atom. The highest BCUT2D eigenvalue weighted by molar-refractivity contribution is 6.14. The first kappa shape index (κ1) is 19.3. The summed E-state index contributed by atoms with van der Waals surface area (Å²) in [6, 6.07) is 26.1. The van der Waals surface area contributed by atoms with Crippen LogP contribution in [-0.2, 0) is 0 Å². The zero-order valence-corrected chi connectivity index (χ0v) is 16.8. The molecule has 0 saturated heterocycles. The molecular weight excluding hydrogens is 374 g/mol. The summed E-state index contributed by atoms with van der Waals surface area (Å²) < 4.78 is 1.53. The van der Waals surface area contributed by atoms with E-state index in [0.717, 1.165) is 16.9 Å². The van der Waals surface area contributed by atoms with E-state index in [1.165, 1.54) is 11.6 Å². The first-order chi connectivity index (χ1) is 14.5. The van der Waals surface area contributed by atoms with Gasteiger partial charge in [-0.3, -0.25) is 14.7 Å². The molecule has 0 saturated carbocycles. The lowest BCUT2D eigenvalue weighted by molar-refractivity contribution is 0.101. The molecule has 0 atom stereocenters. The number of aryl methyl sites for hydroxylation is 1. The van der Waals surface area contributed by atoms with Crippen molar-refractivity contribution in [3.63, 3.8) is 0 Å². The van der Waals surface area contributed by atoms with E-state index in [1.807, 2.05) is 67.6 Å². The fourth-order valence-electron chi connectivity index (χ4n) is 3.34. The summed E-state index contributed by atoms with van der Waals surface area (Å²) in [5.74, 6) is 0.000962. The number of aromatic nitrogens is 2. The highest BCUT2D eigenvalue weighted by Gasteiger charge is 2.19. The number of nitrogens with zero attached hydrogens (tertiary/aromatic N) is 2. The van der Waals surface area contributed by atoms with Crippen LogP contribution in [0.3, 0.4) is 0 Å². The molecule has 0 aliphatic heterocycles. The Balaban J connectivity index is 1.89. The van der Waals surface area contributed by atoms with E-state index >= 15 is 0 Å². The minimum Gasteiger partial charge on any atom is -0.295 e. The van der Waals surface area contributed by atoms with Crippen LogP contribution in [0.25, 0.3) is 5.69 Å². The molecule has 0 bridgehead atoms. The highest BCUT2D eigenvalue weighted by Crippen LogP contribution is 2.20. The number of benzene rings is 3. The molecule has 148 valence electrons. The lowest BCUT2D eigenvalue weighted by atomic mass is 10.0. The van der Waals surface area contributed by atoms with Crippen LogP contribution in [0.4, 0.5) is 5.69 Å². The molecule has 4 aromatic rings. The first-order valence-corrected chi connectivity index (χ1v) is 9.67. The molecule has 5 nitrogen and oxygen atoms in total. The number of rotatable bonds is 5. The molecular formula is C25H21N3O2. The van der Waals surface area contributed by atoms with Gasteiger partial charge in [0.15, 0.2) is 5.78 Å². The summed E-state index contributed by atoms with van der Waals surface area (Å²) in [5.41, 5.74) is 4.56. The van der Waals surface area contributed by atoms with Crippen molar-refractivity contribution in [1.82, 2.24) is 9.78 Å². The van der Waals surface area contributed by atoms with Gasteiger partial charge in [-0.05, 0) is 50.2 Å². The Morgan fingerprint density at radius 2 is 1.43 bits per heavy atom. The van der Waals surface area contributed by atoms with Crippen molar-refractivity contribution < 1.29 is 4.79 Å². The summed E-state index contributed by atoms with van der Waals surface area (Å²) in [6.07, 6.45) is 0. The van der Waals surface area contributed by atoms with E-state index in [2.05, 4.69) is 5.10 Å². The molecule has 0 unspecified atom stereocenters. The fourth-order valence-corrected chi connectivity index (χ4v) is 3.34. The van der Waals surface area contributed by atoms with Gasteiger partial charge < -0.3 is 0 Å². The maximum Gasteiger partial charge on any atom is 0.280 e. The summed E-state index contributed by atoms with van der Waals surface area (Å²) in [5, 5.41) is 3.17. The molecule has 1 aromatic heterocycles. The second-order valence-corrected chi connectivity index (χ2v) is 7.02. The molecule has 1 N–H and O–H groups in total. The average molecular weight is 395 g/mol. The van der Waals surface area contributed by atoms with Crippen LogP contribution < -0.4 is 5.56 Å². The van der Waals surface area contributed by atoms with Gasteiger partial charge in [-0.1, -0.05) is 48.5 Å². The molecule has 4 rings (SSSR count). The van der Waals surface area contributed by atoms with Crippen LogP contribution in [0.5, 0.6) is 0 Å². The smallest absolute Gasteiger partial charge is 0.280 e. The van der Waals surface area contributed by atoms with E-state index in [1.54, 1.807) is 24.3 Å². The molecule has 0 radical (unpaired) electrons. The predicted octanol–water partition coefficient (Wildman–Crippen LogP) is 4.85. The van der Waals surface area contributed by atoms with Gasteiger partial charge in [0.05, 0.1) is 22.6 Å². The second kappa shape index (κ2) is 8.17. The SMILES string of the molecule is CC(=O)c1ccc(N=C(c2ccccc2)c2c(C)[nH]n(-c3ccccc3)c2=O)cc1. The molecule has 5 heteroatoms. The number of hydrogen-bond acceptors (Lipinski definition) is 3. The first-order valence-electron chi connectivity index (χ1n) is 9.67. The van der Waals surface area contributed by atoms with Crippen molar-refractivity contribution in [3.05, 3.63) is 118 Å². The summed E-state index contributed by atoms with van der Waals surface area (Å²) >= 11 is 0. The molecule has 0 amide bonds. The molecule has 0 fully saturated rings. The van der Waals surface area contributed by atoms with Gasteiger partial charge in [0, 0.05) is 16.8 Å². The third-order valence-corrected chi connectivity index (χ3v) is 4.88. The van der Waals surface area contributed by atoms with Crippen LogP contribution in [0.2, 0.25) is 0 Å². The van der Waals surface area contributed by atoms with Crippen LogP contribution in [-0.4, -0.2) is 21.3 Å². The van der Waals surface area contributed by atoms with Gasteiger partial charge in [0.1, 0.15) is 0 Å². The maximum atomic E-state index is 13.3. The second-order valence-electron chi connectivity index (χ2n) is 7.02. The van der Waals surface area contributed by atoms with Crippen molar-refractivity contribution in [1.29, 1.82) is 0 Å². The van der Waals surface area contributed by atoms with Gasteiger partial charge in [0.2, 0.25) is 0 Å². The van der Waals surface area contributed by atoms with Crippen molar-refractivity contribution in [2.45, 2.75) is 13.8 Å². The van der Waals surface area contributed by atoms with E-state index in [9.17, 15) is 9.59 Å². The molecule has 0 aliphatic rings. The average Bonchev–Trinajstić information content (AvgIpc) is 3.07. The monoisotopic (exact) mass is 395 g/mol. The van der Waals surface area contributed by atoms with Crippen molar-refractivity contribution in [2.75, 3.05) is 0 Å². The van der Waals surface area contributed by atoms with Gasteiger partial charge in [-0.2, -0.15) is 0 Å². The molecule has 30 heavy (non-hydrogen) atoms. The predicted molar refractivity (Wildman–Crippen MR) is 119 cm³/mol. The third-order valence-electron chi connectivity index (χ3n) is 4.88. The van der Waals surface area contributed by atoms with Gasteiger partial charge in [-0.25, -0.2) is 9.67 Å². The minimum absolute atomic E-state index is 0.000962. The lowest BCUT2D eigenvalue weighted by Gasteiger charge is -2.06. The van der Waals surface area contributed by atoms with Crippen LogP contribution in [0, 0.1) is 6.92 Å². The number of nitrogens with one attached hydrogen (secondary N) is 1. The normalized spacial score (nSPS) is 11.5. The van der Waals surface area contributed by atoms with Gasteiger partial charge in [0.25, 0.3) is 5.56 Å². The zero-order valence-electron chi connectivity index (χ0n) is 16.8. The van der Waals surface area contributed by atoms with Crippen LogP contribution >= 0.6 is 0 Å². The molecule has 3 aromatic carbocycles. The number of H-pyrrole nitrogens is 1. The summed E-state index contributed by atoms with van der Waals surface area (Å²) in [6.45, 7) is 3.40. The number of Topliss-reactive ketones (excluding diaryl/α,β-unsaturated/α-hetero) is 1. The van der Waals surface area contributed by atoms with Crippen molar-refractivity contribution >= 4 is 17.2 Å². The van der Waals surface area contributed by atoms with E-state index in [0.29, 0.717) is 22.5 Å². The standard InChI is InChI=1S/C25H21N3O2/c1-17-23(25(30)28(27-17)22-11-7-4-8-12-22)24(20-9-5-3-6-10-20)26-21-15-13-19(14-16-21)18(2)29/h3-16,27H,1-2H3. The zero-order chi connectivity index (χ0) is 21.1. The number of carbonyl (C=O) groups is 1. The topological polar surface area (TPSA) is 67.2 Å². The largest absolute Gasteiger partial charge is 0.295 e. The van der Waals surface area contributed by atoms with E-state index < -0.39 is 0 Å². The number of ketones is 1. The Kier molecular flexibility index (Phi) is 5.26. The Labute approximate surface area is 174 Å². The number of aliphatic imine (C=N–C) groups is 1. The van der Waals surface area contributed by atoms with Crippen LogP contribution in [0.15, 0.2) is 94.7 Å². The third kappa shape index (κ3) is 3.78. The number of para-hydroxylation sites is 1. The van der Waals surface area contributed by atoms with Gasteiger partial charge >= 0.3 is 0 Å². The lowest BCUT2D eigenvalue weighted by Crippen LogP contribution is -2.21. The van der Waals surface area contributed by atoms with E-state index in [4.69, 9.17) is 4.99 Å². The fraction of sp³-hybridized carbons (Fsp3) is 0.0800. The highest BCUT2D eigenvalue weighted by atomic mass is 16.1. The summed E-state index contributed by atoms with van der Waals surface area (Å²) in [4.78, 5) is 29.7. The maximum absolute atomic E-state index is 13.3. The van der Waals surface area contributed by atoms with Crippen molar-refractivity contribution in [3.8, 4) is 5.69 Å². The quantitative estimate of drug-likeness (QED) is 0.388. The Morgan fingerprint density at radius 3 is 2.03 bits per heavy atom. The Hall–Kier alpha value is -3.99. The number of hydrogen-bond donors (Lipinski definition) is 1. The molecule has 0 spiro atoms. The summed E-state index contributed by atoms with van der Waals surface area (Å²) in [7, 11) is 0. The molecule has 1 heterocycles.